The molecule has 1 fully saturated rings. The number of pyridine rings is 2. The maximum absolute atomic E-state index is 13.8. The average Bonchev–Trinajstić information content (AvgIpc) is 3.45. The number of rotatable bonds is 6. The van der Waals surface area contributed by atoms with E-state index in [1.807, 2.05) is 41.3 Å². The molecular weight excluding hydrogens is 460 g/mol. The zero-order valence-corrected chi connectivity index (χ0v) is 19.9. The van der Waals surface area contributed by atoms with Crippen molar-refractivity contribution in [2.45, 2.75) is 13.5 Å². The van der Waals surface area contributed by atoms with Crippen LogP contribution < -0.4 is 10.5 Å². The Hall–Kier alpha value is -4.40. The summed E-state index contributed by atoms with van der Waals surface area (Å²) in [6, 6.07) is 14.6. The van der Waals surface area contributed by atoms with E-state index in [1.165, 1.54) is 6.26 Å². The molecule has 36 heavy (non-hydrogen) atoms. The van der Waals surface area contributed by atoms with Crippen molar-refractivity contribution in [1.82, 2.24) is 14.5 Å². The number of hydrogen-bond donors (Lipinski definition) is 0. The van der Waals surface area contributed by atoms with Gasteiger partial charge < -0.3 is 23.5 Å². The second kappa shape index (κ2) is 10.1. The second-order valence-corrected chi connectivity index (χ2v) is 8.46. The van der Waals surface area contributed by atoms with Crippen LogP contribution >= 0.6 is 0 Å². The fourth-order valence-corrected chi connectivity index (χ4v) is 4.62. The van der Waals surface area contributed by atoms with Gasteiger partial charge in [0.25, 0.3) is 11.5 Å². The maximum atomic E-state index is 13.8. The SMILES string of the molecule is CCOC(=O)c1c(N2CCN(C(=O)c3ccco3)CC2)c2ccccc2n(Cc2ccncc2)c1=O. The zero-order valence-electron chi connectivity index (χ0n) is 19.9. The monoisotopic (exact) mass is 486 g/mol. The van der Waals surface area contributed by atoms with Crippen LogP contribution in [0.4, 0.5) is 5.69 Å². The summed E-state index contributed by atoms with van der Waals surface area (Å²) in [6.45, 7) is 3.92. The molecule has 5 rings (SSSR count). The first-order chi connectivity index (χ1) is 17.6. The third kappa shape index (κ3) is 4.35. The molecule has 0 radical (unpaired) electrons. The molecule has 184 valence electrons. The lowest BCUT2D eigenvalue weighted by Crippen LogP contribution is -2.49. The fourth-order valence-electron chi connectivity index (χ4n) is 4.62. The number of carbonyl (C=O) groups excluding carboxylic acids is 2. The molecule has 4 heterocycles. The molecule has 3 aromatic heterocycles. The van der Waals surface area contributed by atoms with Crippen molar-refractivity contribution in [3.8, 4) is 0 Å². The third-order valence-electron chi connectivity index (χ3n) is 6.33. The molecule has 0 N–H and O–H groups in total. The number of furan rings is 1. The molecule has 0 unspecified atom stereocenters. The molecule has 0 atom stereocenters. The van der Waals surface area contributed by atoms with Gasteiger partial charge in [-0.1, -0.05) is 18.2 Å². The number of nitrogens with zero attached hydrogens (tertiary/aromatic N) is 4. The topological polar surface area (TPSA) is 97.9 Å². The summed E-state index contributed by atoms with van der Waals surface area (Å²) in [5.74, 6) is -0.538. The van der Waals surface area contributed by atoms with E-state index in [0.717, 1.165) is 16.5 Å². The van der Waals surface area contributed by atoms with Gasteiger partial charge >= 0.3 is 5.97 Å². The van der Waals surface area contributed by atoms with E-state index >= 15 is 0 Å². The summed E-state index contributed by atoms with van der Waals surface area (Å²) in [5.41, 5.74) is 1.76. The van der Waals surface area contributed by atoms with Crippen LogP contribution in [-0.4, -0.2) is 59.1 Å². The van der Waals surface area contributed by atoms with Crippen LogP contribution in [0, 0.1) is 0 Å². The molecule has 1 aliphatic rings. The molecule has 0 aliphatic carbocycles. The van der Waals surface area contributed by atoms with Gasteiger partial charge in [0.1, 0.15) is 5.56 Å². The van der Waals surface area contributed by atoms with Crippen LogP contribution in [0.2, 0.25) is 0 Å². The molecule has 0 spiro atoms. The van der Waals surface area contributed by atoms with Gasteiger partial charge in [-0.05, 0) is 42.8 Å². The van der Waals surface area contributed by atoms with Crippen LogP contribution in [-0.2, 0) is 11.3 Å². The number of benzene rings is 1. The highest BCUT2D eigenvalue weighted by atomic mass is 16.5. The van der Waals surface area contributed by atoms with Gasteiger partial charge in [0, 0.05) is 44.0 Å². The van der Waals surface area contributed by atoms with E-state index in [-0.39, 0.29) is 18.1 Å². The molecule has 1 amide bonds. The van der Waals surface area contributed by atoms with Gasteiger partial charge in [-0.2, -0.15) is 0 Å². The Labute approximate surface area is 207 Å². The largest absolute Gasteiger partial charge is 0.462 e. The van der Waals surface area contributed by atoms with E-state index in [4.69, 9.17) is 9.15 Å². The van der Waals surface area contributed by atoms with Gasteiger partial charge in [-0.3, -0.25) is 14.6 Å². The minimum absolute atomic E-state index is 0.00965. The summed E-state index contributed by atoms with van der Waals surface area (Å²) in [6.07, 6.45) is 4.82. The average molecular weight is 487 g/mol. The molecule has 4 aromatic rings. The third-order valence-corrected chi connectivity index (χ3v) is 6.33. The lowest BCUT2D eigenvalue weighted by Gasteiger charge is -2.37. The van der Waals surface area contributed by atoms with Crippen LogP contribution in [0.25, 0.3) is 10.9 Å². The minimum atomic E-state index is -0.652. The van der Waals surface area contributed by atoms with E-state index in [2.05, 4.69) is 4.98 Å². The number of fused-ring (bicyclic) bond motifs is 1. The molecule has 0 bridgehead atoms. The summed E-state index contributed by atoms with van der Waals surface area (Å²) >= 11 is 0. The van der Waals surface area contributed by atoms with Crippen molar-refractivity contribution in [1.29, 1.82) is 0 Å². The first-order valence-electron chi connectivity index (χ1n) is 11.9. The lowest BCUT2D eigenvalue weighted by molar-refractivity contribution is 0.0523. The summed E-state index contributed by atoms with van der Waals surface area (Å²) < 4.78 is 12.2. The van der Waals surface area contributed by atoms with Crippen molar-refractivity contribution in [3.05, 3.63) is 94.4 Å². The molecule has 1 aromatic carbocycles. The molecule has 9 heteroatoms. The Morgan fingerprint density at radius 3 is 2.44 bits per heavy atom. The van der Waals surface area contributed by atoms with Crippen molar-refractivity contribution in [3.63, 3.8) is 0 Å². The van der Waals surface area contributed by atoms with E-state index in [1.54, 1.807) is 40.9 Å². The maximum Gasteiger partial charge on any atom is 0.345 e. The van der Waals surface area contributed by atoms with E-state index in [0.29, 0.717) is 44.2 Å². The summed E-state index contributed by atoms with van der Waals surface area (Å²) in [7, 11) is 0. The van der Waals surface area contributed by atoms with E-state index < -0.39 is 11.5 Å². The highest BCUT2D eigenvalue weighted by Crippen LogP contribution is 2.31. The number of amides is 1. The van der Waals surface area contributed by atoms with Gasteiger partial charge in [-0.15, -0.1) is 0 Å². The number of piperazine rings is 1. The number of carbonyl (C=O) groups is 2. The first kappa shape index (κ1) is 23.3. The van der Waals surface area contributed by atoms with Gasteiger partial charge in [0.05, 0.1) is 30.6 Å². The first-order valence-corrected chi connectivity index (χ1v) is 11.9. The molecule has 1 aliphatic heterocycles. The van der Waals surface area contributed by atoms with Crippen molar-refractivity contribution in [2.75, 3.05) is 37.7 Å². The highest BCUT2D eigenvalue weighted by molar-refractivity contribution is 6.05. The predicted octanol–water partition coefficient (Wildman–Crippen LogP) is 3.18. The lowest BCUT2D eigenvalue weighted by atomic mass is 10.1. The Balaban J connectivity index is 1.57. The quantitative estimate of drug-likeness (QED) is 0.386. The van der Waals surface area contributed by atoms with Crippen molar-refractivity contribution in [2.24, 2.45) is 0 Å². The standard InChI is InChI=1S/C27H26N4O5/c1-2-35-27(34)23-24(29-13-15-30(16-14-29)25(32)22-8-5-17-36-22)20-6-3-4-7-21(20)31(26(23)33)18-19-9-11-28-12-10-19/h3-12,17H,2,13-16,18H2,1H3. The normalized spacial score (nSPS) is 13.7. The van der Waals surface area contributed by atoms with Crippen LogP contribution in [0.3, 0.4) is 0 Å². The highest BCUT2D eigenvalue weighted by Gasteiger charge is 2.30. The molecular formula is C27H26N4O5. The van der Waals surface area contributed by atoms with Gasteiger partial charge in [0.15, 0.2) is 5.76 Å². The summed E-state index contributed by atoms with van der Waals surface area (Å²) in [4.78, 5) is 47.5. The Morgan fingerprint density at radius 1 is 1.00 bits per heavy atom. The molecule has 0 saturated carbocycles. The Morgan fingerprint density at radius 2 is 1.75 bits per heavy atom. The van der Waals surface area contributed by atoms with E-state index in [9.17, 15) is 14.4 Å². The predicted molar refractivity (Wildman–Crippen MR) is 134 cm³/mol. The van der Waals surface area contributed by atoms with Crippen LogP contribution in [0.15, 0.2) is 76.4 Å². The van der Waals surface area contributed by atoms with Crippen LogP contribution in [0.5, 0.6) is 0 Å². The second-order valence-electron chi connectivity index (χ2n) is 8.46. The minimum Gasteiger partial charge on any atom is -0.462 e. The number of anilines is 1. The fraction of sp³-hybridized carbons (Fsp3) is 0.259. The number of para-hydroxylation sites is 1. The van der Waals surface area contributed by atoms with Crippen LogP contribution in [0.1, 0.15) is 33.4 Å². The van der Waals surface area contributed by atoms with Crippen molar-refractivity contribution >= 4 is 28.5 Å². The Bertz CT molecular complexity index is 1440. The summed E-state index contributed by atoms with van der Waals surface area (Å²) in [5, 5.41) is 0.778. The molecule has 9 nitrogen and oxygen atoms in total. The number of aromatic nitrogens is 2. The smallest absolute Gasteiger partial charge is 0.345 e. The number of esters is 1. The van der Waals surface area contributed by atoms with Gasteiger partial charge in [0.2, 0.25) is 0 Å². The van der Waals surface area contributed by atoms with Crippen molar-refractivity contribution < 1.29 is 18.7 Å². The molecule has 1 saturated heterocycles. The Kier molecular flexibility index (Phi) is 6.53. The number of hydrogen-bond acceptors (Lipinski definition) is 7. The zero-order chi connectivity index (χ0) is 25.1. The van der Waals surface area contributed by atoms with Gasteiger partial charge in [-0.25, -0.2) is 4.79 Å². The number of ether oxygens (including phenoxy) is 1.